The number of halogens is 1. The monoisotopic (exact) mass is 395 g/mol. The summed E-state index contributed by atoms with van der Waals surface area (Å²) in [5, 5.41) is 12.4. The molecule has 2 unspecified atom stereocenters. The molecular formula is C22H22FN3O3. The lowest BCUT2D eigenvalue weighted by atomic mass is 9.91. The molecule has 0 bridgehead atoms. The molecule has 150 valence electrons. The van der Waals surface area contributed by atoms with E-state index >= 15 is 0 Å². The van der Waals surface area contributed by atoms with Gasteiger partial charge in [-0.15, -0.1) is 0 Å². The fourth-order valence-electron chi connectivity index (χ4n) is 4.05. The smallest absolute Gasteiger partial charge is 0.335 e. The topological polar surface area (TPSA) is 95.7 Å². The zero-order valence-electron chi connectivity index (χ0n) is 15.8. The lowest BCUT2D eigenvalue weighted by Gasteiger charge is -2.31. The van der Waals surface area contributed by atoms with Crippen LogP contribution in [0.1, 0.15) is 39.9 Å². The fraction of sp³-hybridized carbons (Fsp3) is 0.273. The minimum Gasteiger partial charge on any atom is -0.478 e. The summed E-state index contributed by atoms with van der Waals surface area (Å²) in [6.45, 7) is 1.23. The molecule has 0 aromatic heterocycles. The van der Waals surface area contributed by atoms with Crippen LogP contribution in [0.25, 0.3) is 0 Å². The average Bonchev–Trinajstić information content (AvgIpc) is 3.03. The van der Waals surface area contributed by atoms with Crippen molar-refractivity contribution in [3.05, 3.63) is 82.3 Å². The van der Waals surface area contributed by atoms with E-state index in [9.17, 15) is 14.0 Å². The van der Waals surface area contributed by atoms with E-state index in [0.717, 1.165) is 16.8 Å². The van der Waals surface area contributed by atoms with E-state index in [2.05, 4.69) is 5.32 Å². The Labute approximate surface area is 167 Å². The van der Waals surface area contributed by atoms with Gasteiger partial charge < -0.3 is 21.1 Å². The molecule has 0 fully saturated rings. The first-order valence-electron chi connectivity index (χ1n) is 9.54. The van der Waals surface area contributed by atoms with Gasteiger partial charge in [0.2, 0.25) is 5.91 Å². The van der Waals surface area contributed by atoms with Crippen LogP contribution < -0.4 is 11.1 Å². The van der Waals surface area contributed by atoms with Crippen molar-refractivity contribution < 1.29 is 19.1 Å². The van der Waals surface area contributed by atoms with E-state index in [4.69, 9.17) is 10.8 Å². The number of nitrogens with one attached hydrogen (secondary N) is 1. The Morgan fingerprint density at radius 2 is 1.90 bits per heavy atom. The van der Waals surface area contributed by atoms with Crippen LogP contribution in [0.4, 0.5) is 4.39 Å². The number of amides is 1. The molecule has 7 heteroatoms. The van der Waals surface area contributed by atoms with Gasteiger partial charge in [-0.1, -0.05) is 30.3 Å². The van der Waals surface area contributed by atoms with Gasteiger partial charge in [-0.2, -0.15) is 0 Å². The molecule has 1 amide bonds. The molecule has 6 nitrogen and oxygen atoms in total. The van der Waals surface area contributed by atoms with Crippen LogP contribution in [-0.4, -0.2) is 41.5 Å². The quantitative estimate of drug-likeness (QED) is 0.698. The van der Waals surface area contributed by atoms with Crippen molar-refractivity contribution in [2.75, 3.05) is 19.6 Å². The molecule has 4 rings (SSSR count). The maximum atomic E-state index is 14.3. The van der Waals surface area contributed by atoms with E-state index in [1.807, 2.05) is 0 Å². The number of carboxylic acids is 1. The summed E-state index contributed by atoms with van der Waals surface area (Å²) in [6.07, 6.45) is 0.383. The molecule has 0 saturated heterocycles. The van der Waals surface area contributed by atoms with Crippen LogP contribution in [0, 0.1) is 5.82 Å². The van der Waals surface area contributed by atoms with Gasteiger partial charge in [-0.05, 0) is 42.3 Å². The van der Waals surface area contributed by atoms with Gasteiger partial charge in [0, 0.05) is 17.8 Å². The first-order valence-corrected chi connectivity index (χ1v) is 9.54. The number of hydrogen-bond donors (Lipinski definition) is 3. The molecule has 29 heavy (non-hydrogen) atoms. The van der Waals surface area contributed by atoms with Gasteiger partial charge in [-0.3, -0.25) is 4.79 Å². The van der Waals surface area contributed by atoms with E-state index in [1.165, 1.54) is 6.07 Å². The Hall–Kier alpha value is -3.19. The van der Waals surface area contributed by atoms with Crippen molar-refractivity contribution in [2.45, 2.75) is 18.4 Å². The molecule has 2 heterocycles. The Kier molecular flexibility index (Phi) is 5.07. The second kappa shape index (κ2) is 7.67. The zero-order valence-corrected chi connectivity index (χ0v) is 15.8. The predicted octanol–water partition coefficient (Wildman–Crippen LogP) is 2.40. The van der Waals surface area contributed by atoms with E-state index < -0.39 is 17.7 Å². The lowest BCUT2D eigenvalue weighted by Crippen LogP contribution is -2.35. The molecule has 0 radical (unpaired) electrons. The highest BCUT2D eigenvalue weighted by molar-refractivity contribution is 5.87. The van der Waals surface area contributed by atoms with E-state index in [-0.39, 0.29) is 17.5 Å². The Morgan fingerprint density at radius 1 is 1.17 bits per heavy atom. The summed E-state index contributed by atoms with van der Waals surface area (Å²) in [6, 6.07) is 13.0. The summed E-state index contributed by atoms with van der Waals surface area (Å²) < 4.78 is 14.3. The first kappa shape index (κ1) is 19.1. The minimum absolute atomic E-state index is 0.0351. The third kappa shape index (κ3) is 3.49. The number of hydrogen-bond acceptors (Lipinski definition) is 4. The second-order valence-corrected chi connectivity index (χ2v) is 7.35. The summed E-state index contributed by atoms with van der Waals surface area (Å²) >= 11 is 0. The maximum absolute atomic E-state index is 14.3. The third-order valence-electron chi connectivity index (χ3n) is 5.60. The fourth-order valence-corrected chi connectivity index (χ4v) is 4.05. The number of carboxylic acid groups (broad SMARTS) is 1. The maximum Gasteiger partial charge on any atom is 0.335 e. The molecular weight excluding hydrogens is 373 g/mol. The molecule has 2 aromatic carbocycles. The molecule has 2 aliphatic heterocycles. The van der Waals surface area contributed by atoms with Crippen LogP contribution in [0.2, 0.25) is 0 Å². The highest BCUT2D eigenvalue weighted by Crippen LogP contribution is 2.39. The summed E-state index contributed by atoms with van der Waals surface area (Å²) in [5.41, 5.74) is 9.38. The number of nitrogens with zero attached hydrogens (tertiary/aromatic N) is 1. The molecule has 4 N–H and O–H groups in total. The normalized spacial score (nSPS) is 18.7. The SMILES string of the molecule is NCCC(C(=O)N1CC2=C(C1)C(c1ccc(C(=O)O)cc1)N2)c1ccccc1F. The van der Waals surface area contributed by atoms with Crippen LogP contribution in [0.5, 0.6) is 0 Å². The van der Waals surface area contributed by atoms with Gasteiger partial charge in [0.1, 0.15) is 5.82 Å². The van der Waals surface area contributed by atoms with Crippen molar-refractivity contribution >= 4 is 11.9 Å². The number of carbonyl (C=O) groups is 2. The second-order valence-electron chi connectivity index (χ2n) is 7.35. The van der Waals surface area contributed by atoms with Crippen LogP contribution >= 0.6 is 0 Å². The standard InChI is InChI=1S/C22H22FN3O3/c23-18-4-2-1-3-15(18)16(9-10-24)21(27)26-11-17-19(12-26)25-20(17)13-5-7-14(8-6-13)22(28)29/h1-8,16,20,25H,9-12,24H2,(H,28,29). The van der Waals surface area contributed by atoms with Crippen molar-refractivity contribution in [3.8, 4) is 0 Å². The first-order chi connectivity index (χ1) is 14.0. The van der Waals surface area contributed by atoms with Gasteiger partial charge in [0.15, 0.2) is 0 Å². The van der Waals surface area contributed by atoms with Crippen molar-refractivity contribution in [3.63, 3.8) is 0 Å². The molecule has 2 aromatic rings. The molecule has 0 spiro atoms. The summed E-state index contributed by atoms with van der Waals surface area (Å²) in [4.78, 5) is 25.9. The Bertz CT molecular complexity index is 987. The van der Waals surface area contributed by atoms with Gasteiger partial charge in [0.25, 0.3) is 0 Å². The van der Waals surface area contributed by atoms with Crippen LogP contribution in [0.15, 0.2) is 59.8 Å². The number of rotatable bonds is 6. The average molecular weight is 395 g/mol. The Balaban J connectivity index is 1.48. The van der Waals surface area contributed by atoms with Gasteiger partial charge >= 0.3 is 5.97 Å². The van der Waals surface area contributed by atoms with Gasteiger partial charge in [0.05, 0.1) is 24.1 Å². The number of carbonyl (C=O) groups excluding carboxylic acids is 1. The minimum atomic E-state index is -0.963. The van der Waals surface area contributed by atoms with E-state index in [0.29, 0.717) is 31.6 Å². The molecule has 0 aliphatic carbocycles. The predicted molar refractivity (Wildman–Crippen MR) is 106 cm³/mol. The summed E-state index contributed by atoms with van der Waals surface area (Å²) in [5.74, 6) is -2.09. The van der Waals surface area contributed by atoms with Crippen molar-refractivity contribution in [2.24, 2.45) is 5.73 Å². The lowest BCUT2D eigenvalue weighted by molar-refractivity contribution is -0.131. The van der Waals surface area contributed by atoms with Crippen LogP contribution in [0.3, 0.4) is 0 Å². The number of nitrogens with two attached hydrogens (primary N) is 1. The summed E-state index contributed by atoms with van der Waals surface area (Å²) in [7, 11) is 0. The highest BCUT2D eigenvalue weighted by Gasteiger charge is 2.40. The molecule has 2 atom stereocenters. The largest absolute Gasteiger partial charge is 0.478 e. The third-order valence-corrected chi connectivity index (χ3v) is 5.60. The van der Waals surface area contributed by atoms with Crippen molar-refractivity contribution in [1.29, 1.82) is 0 Å². The Morgan fingerprint density at radius 3 is 2.55 bits per heavy atom. The highest BCUT2D eigenvalue weighted by atomic mass is 19.1. The number of benzene rings is 2. The number of aromatic carboxylic acids is 1. The van der Waals surface area contributed by atoms with E-state index in [1.54, 1.807) is 47.4 Å². The zero-order chi connectivity index (χ0) is 20.5. The van der Waals surface area contributed by atoms with Crippen molar-refractivity contribution in [1.82, 2.24) is 10.2 Å². The van der Waals surface area contributed by atoms with Crippen LogP contribution in [-0.2, 0) is 4.79 Å². The van der Waals surface area contributed by atoms with Gasteiger partial charge in [-0.25, -0.2) is 9.18 Å². The molecule has 2 aliphatic rings. The molecule has 0 saturated carbocycles.